The Hall–Kier alpha value is -1.61. The number of carboxylic acid groups (broad SMARTS) is 1. The molecule has 0 amide bonds. The Balaban J connectivity index is 2.36. The first kappa shape index (κ1) is 26.4. The van der Waals surface area contributed by atoms with Crippen LogP contribution >= 0.6 is 0 Å². The lowest BCUT2D eigenvalue weighted by atomic mass is 9.65. The molecule has 3 nitrogen and oxygen atoms in total. The molecule has 2 atom stereocenters. The second kappa shape index (κ2) is 12.9. The number of carboxylic acids is 1. The van der Waals surface area contributed by atoms with Crippen molar-refractivity contribution in [1.29, 1.82) is 0 Å². The van der Waals surface area contributed by atoms with Crippen LogP contribution in [-0.4, -0.2) is 22.3 Å². The van der Waals surface area contributed by atoms with Gasteiger partial charge in [0.2, 0.25) is 0 Å². The number of carbonyl (C=O) groups is 1. The van der Waals surface area contributed by atoms with Crippen LogP contribution in [0.4, 0.5) is 0 Å². The predicted octanol–water partition coefficient (Wildman–Crippen LogP) is 7.38. The fraction of sp³-hybridized carbons (Fsp3) is 0.667. The molecule has 0 radical (unpaired) electrons. The molecule has 2 N–H and O–H groups in total. The van der Waals surface area contributed by atoms with E-state index in [0.717, 1.165) is 44.9 Å². The third kappa shape index (κ3) is 9.47. The molecule has 0 aromatic heterocycles. The van der Waals surface area contributed by atoms with Gasteiger partial charge in [-0.05, 0) is 90.4 Å². The third-order valence-corrected chi connectivity index (χ3v) is 6.71. The summed E-state index contributed by atoms with van der Waals surface area (Å²) in [5.41, 5.74) is 5.41. The topological polar surface area (TPSA) is 57.5 Å². The zero-order chi connectivity index (χ0) is 22.7. The van der Waals surface area contributed by atoms with E-state index in [1.54, 1.807) is 0 Å². The summed E-state index contributed by atoms with van der Waals surface area (Å²) in [6.45, 7) is 13.0. The number of aliphatic carboxylic acids is 1. The van der Waals surface area contributed by atoms with Gasteiger partial charge in [-0.2, -0.15) is 0 Å². The third-order valence-electron chi connectivity index (χ3n) is 6.71. The molecule has 0 saturated heterocycles. The molecule has 0 aromatic rings. The summed E-state index contributed by atoms with van der Waals surface area (Å²) in [6.07, 6.45) is 16.9. The molecule has 0 saturated carbocycles. The van der Waals surface area contributed by atoms with E-state index in [-0.39, 0.29) is 17.9 Å². The van der Waals surface area contributed by atoms with E-state index in [1.165, 1.54) is 22.3 Å². The van der Waals surface area contributed by atoms with Gasteiger partial charge in [0.1, 0.15) is 0 Å². The van der Waals surface area contributed by atoms with E-state index >= 15 is 0 Å². The largest absolute Gasteiger partial charge is 0.481 e. The van der Waals surface area contributed by atoms with E-state index in [9.17, 15) is 9.90 Å². The second-order valence-corrected chi connectivity index (χ2v) is 9.77. The highest BCUT2D eigenvalue weighted by molar-refractivity contribution is 5.66. The molecule has 1 aliphatic carbocycles. The van der Waals surface area contributed by atoms with E-state index in [1.807, 2.05) is 6.92 Å². The zero-order valence-corrected chi connectivity index (χ0v) is 20.1. The van der Waals surface area contributed by atoms with E-state index < -0.39 is 5.97 Å². The Labute approximate surface area is 184 Å². The van der Waals surface area contributed by atoms with E-state index in [2.05, 4.69) is 58.9 Å². The Morgan fingerprint density at radius 1 is 0.967 bits per heavy atom. The lowest BCUT2D eigenvalue weighted by Crippen LogP contribution is -2.39. The van der Waals surface area contributed by atoms with Crippen LogP contribution in [-0.2, 0) is 4.79 Å². The van der Waals surface area contributed by atoms with Gasteiger partial charge < -0.3 is 10.2 Å². The minimum Gasteiger partial charge on any atom is -0.481 e. The Morgan fingerprint density at radius 3 is 2.10 bits per heavy atom. The first-order valence-electron chi connectivity index (χ1n) is 11.6. The molecular formula is C27H44O3. The standard InChI is InChI=1S/C27H44O3/c1-20(12-9-13-22(3)15-19-26(29)30)10-7-8-11-21(2)14-17-24-23(4)16-18-25(28)27(24,5)6/h10-11,13,16,24-25,28H,7-9,12,14-15,17-19H2,1-6H3,(H,29,30)/b20-10+,21-11+,22-13+. The number of hydrogen-bond acceptors (Lipinski definition) is 2. The van der Waals surface area contributed by atoms with Crippen LogP contribution in [0.25, 0.3) is 0 Å². The fourth-order valence-corrected chi connectivity index (χ4v) is 4.35. The molecule has 0 aliphatic heterocycles. The first-order chi connectivity index (χ1) is 14.0. The van der Waals surface area contributed by atoms with Gasteiger partial charge in [-0.15, -0.1) is 0 Å². The number of hydrogen-bond donors (Lipinski definition) is 2. The molecule has 3 heteroatoms. The van der Waals surface area contributed by atoms with Crippen molar-refractivity contribution in [2.24, 2.45) is 11.3 Å². The Morgan fingerprint density at radius 2 is 1.50 bits per heavy atom. The molecule has 30 heavy (non-hydrogen) atoms. The minimum absolute atomic E-state index is 0.0423. The van der Waals surface area contributed by atoms with Gasteiger partial charge in [-0.3, -0.25) is 4.79 Å². The Kier molecular flexibility index (Phi) is 11.4. The number of unbranched alkanes of at least 4 members (excludes halogenated alkanes) is 1. The zero-order valence-electron chi connectivity index (χ0n) is 20.1. The van der Waals surface area contributed by atoms with E-state index in [4.69, 9.17) is 5.11 Å². The molecule has 0 spiro atoms. The summed E-state index contributed by atoms with van der Waals surface area (Å²) in [7, 11) is 0. The second-order valence-electron chi connectivity index (χ2n) is 9.77. The van der Waals surface area contributed by atoms with Gasteiger partial charge in [0.25, 0.3) is 0 Å². The van der Waals surface area contributed by atoms with Crippen molar-refractivity contribution in [1.82, 2.24) is 0 Å². The van der Waals surface area contributed by atoms with Gasteiger partial charge in [-0.1, -0.05) is 60.4 Å². The molecule has 0 heterocycles. The average molecular weight is 417 g/mol. The van der Waals surface area contributed by atoms with Gasteiger partial charge in [0.15, 0.2) is 0 Å². The monoisotopic (exact) mass is 416 g/mol. The molecule has 1 rings (SSSR count). The Bertz CT molecular complexity index is 676. The van der Waals surface area contributed by atoms with Crippen LogP contribution in [0.15, 0.2) is 46.6 Å². The number of allylic oxidation sites excluding steroid dienone is 7. The lowest BCUT2D eigenvalue weighted by Gasteiger charge is -2.42. The van der Waals surface area contributed by atoms with Gasteiger partial charge in [-0.25, -0.2) is 0 Å². The van der Waals surface area contributed by atoms with Crippen molar-refractivity contribution in [2.45, 2.75) is 105 Å². The summed E-state index contributed by atoms with van der Waals surface area (Å²) >= 11 is 0. The maximum atomic E-state index is 10.6. The van der Waals surface area contributed by atoms with Crippen molar-refractivity contribution >= 4 is 5.97 Å². The molecule has 170 valence electrons. The van der Waals surface area contributed by atoms with E-state index in [0.29, 0.717) is 12.3 Å². The maximum Gasteiger partial charge on any atom is 0.303 e. The van der Waals surface area contributed by atoms with Crippen molar-refractivity contribution in [3.8, 4) is 0 Å². The van der Waals surface area contributed by atoms with Crippen molar-refractivity contribution < 1.29 is 15.0 Å². The van der Waals surface area contributed by atoms with Crippen LogP contribution in [0.1, 0.15) is 99.3 Å². The lowest BCUT2D eigenvalue weighted by molar-refractivity contribution is -0.136. The molecule has 2 unspecified atom stereocenters. The highest BCUT2D eigenvalue weighted by Crippen LogP contribution is 2.43. The van der Waals surface area contributed by atoms with Crippen molar-refractivity contribution in [3.05, 3.63) is 46.6 Å². The van der Waals surface area contributed by atoms with Gasteiger partial charge in [0, 0.05) is 6.42 Å². The van der Waals surface area contributed by atoms with Crippen LogP contribution in [0, 0.1) is 11.3 Å². The molecule has 0 aromatic carbocycles. The normalized spacial score (nSPS) is 22.8. The van der Waals surface area contributed by atoms with Gasteiger partial charge in [0.05, 0.1) is 6.10 Å². The highest BCUT2D eigenvalue weighted by Gasteiger charge is 2.38. The van der Waals surface area contributed by atoms with Crippen molar-refractivity contribution in [2.75, 3.05) is 0 Å². The van der Waals surface area contributed by atoms with Crippen LogP contribution in [0.3, 0.4) is 0 Å². The highest BCUT2D eigenvalue weighted by atomic mass is 16.4. The average Bonchev–Trinajstić information content (AvgIpc) is 2.66. The van der Waals surface area contributed by atoms with Crippen molar-refractivity contribution in [3.63, 3.8) is 0 Å². The SMILES string of the molecule is CC1=CCC(O)C(C)(C)C1CC/C(C)=C/CC/C=C(\C)CC/C=C(\C)CCC(=O)O. The van der Waals surface area contributed by atoms with Crippen LogP contribution < -0.4 is 0 Å². The molecule has 0 bridgehead atoms. The van der Waals surface area contributed by atoms with Crippen LogP contribution in [0.2, 0.25) is 0 Å². The van der Waals surface area contributed by atoms with Gasteiger partial charge >= 0.3 is 5.97 Å². The molecular weight excluding hydrogens is 372 g/mol. The van der Waals surface area contributed by atoms with Crippen LogP contribution in [0.5, 0.6) is 0 Å². The summed E-state index contributed by atoms with van der Waals surface area (Å²) < 4.78 is 0. The fourth-order valence-electron chi connectivity index (χ4n) is 4.35. The smallest absolute Gasteiger partial charge is 0.303 e. The number of rotatable bonds is 12. The quantitative estimate of drug-likeness (QED) is 0.258. The summed E-state index contributed by atoms with van der Waals surface area (Å²) in [4.78, 5) is 10.6. The maximum absolute atomic E-state index is 10.6. The number of aliphatic hydroxyl groups excluding tert-OH is 1. The number of aliphatic hydroxyl groups is 1. The summed E-state index contributed by atoms with van der Waals surface area (Å²) in [5.74, 6) is -0.271. The molecule has 1 aliphatic rings. The molecule has 0 fully saturated rings. The first-order valence-corrected chi connectivity index (χ1v) is 11.6. The minimum atomic E-state index is -0.728. The summed E-state index contributed by atoms with van der Waals surface area (Å²) in [5, 5.41) is 19.1. The predicted molar refractivity (Wildman–Crippen MR) is 127 cm³/mol. The summed E-state index contributed by atoms with van der Waals surface area (Å²) in [6, 6.07) is 0.